The van der Waals surface area contributed by atoms with Crippen LogP contribution in [-0.2, 0) is 11.3 Å². The number of anilines is 1. The number of benzene rings is 3. The molecule has 0 aliphatic rings. The Bertz CT molecular complexity index is 1060. The quantitative estimate of drug-likeness (QED) is 0.528. The molecule has 6 heteroatoms. The maximum absolute atomic E-state index is 14.6. The van der Waals surface area contributed by atoms with Crippen molar-refractivity contribution in [1.29, 1.82) is 0 Å². The van der Waals surface area contributed by atoms with Crippen LogP contribution >= 0.6 is 0 Å². The molecule has 2 N–H and O–H groups in total. The largest absolute Gasteiger partial charge is 0.497 e. The fourth-order valence-electron chi connectivity index (χ4n) is 3.15. The van der Waals surface area contributed by atoms with Crippen LogP contribution in [0.15, 0.2) is 66.7 Å². The van der Waals surface area contributed by atoms with Gasteiger partial charge in [-0.1, -0.05) is 37.3 Å². The molecule has 5 nitrogen and oxygen atoms in total. The Labute approximate surface area is 181 Å². The molecular weight excluding hydrogens is 395 g/mol. The molecule has 0 bridgehead atoms. The Kier molecular flexibility index (Phi) is 7.38. The Balaban J connectivity index is 1.65. The van der Waals surface area contributed by atoms with Crippen molar-refractivity contribution in [2.75, 3.05) is 12.4 Å². The summed E-state index contributed by atoms with van der Waals surface area (Å²) in [5.74, 6) is -0.428. The number of amides is 2. The molecule has 0 unspecified atom stereocenters. The van der Waals surface area contributed by atoms with Crippen LogP contribution in [-0.4, -0.2) is 18.9 Å². The SMILES string of the molecule is CCCC(=O)Nc1cccc(CNC(=O)c2ccc(-c3ccc(OC)cc3)cc2F)c1. The first-order valence-electron chi connectivity index (χ1n) is 10.1. The number of carbonyl (C=O) groups is 2. The highest BCUT2D eigenvalue weighted by Crippen LogP contribution is 2.24. The first-order valence-corrected chi connectivity index (χ1v) is 10.1. The third-order valence-electron chi connectivity index (χ3n) is 4.78. The molecule has 0 atom stereocenters. The van der Waals surface area contributed by atoms with E-state index in [0.717, 1.165) is 17.5 Å². The van der Waals surface area contributed by atoms with Gasteiger partial charge < -0.3 is 15.4 Å². The van der Waals surface area contributed by atoms with Crippen LogP contribution in [0.25, 0.3) is 11.1 Å². The van der Waals surface area contributed by atoms with Crippen molar-refractivity contribution in [3.8, 4) is 16.9 Å². The van der Waals surface area contributed by atoms with E-state index < -0.39 is 11.7 Å². The van der Waals surface area contributed by atoms with Gasteiger partial charge in [-0.15, -0.1) is 0 Å². The zero-order valence-electron chi connectivity index (χ0n) is 17.6. The Morgan fingerprint density at radius 2 is 1.71 bits per heavy atom. The van der Waals surface area contributed by atoms with Gasteiger partial charge in [0, 0.05) is 18.7 Å². The third-order valence-corrected chi connectivity index (χ3v) is 4.78. The van der Waals surface area contributed by atoms with Gasteiger partial charge in [0.25, 0.3) is 5.91 Å². The summed E-state index contributed by atoms with van der Waals surface area (Å²) in [6.07, 6.45) is 1.22. The number of halogens is 1. The molecule has 3 rings (SSSR count). The van der Waals surface area contributed by atoms with E-state index in [1.165, 1.54) is 12.1 Å². The number of methoxy groups -OCH3 is 1. The second kappa shape index (κ2) is 10.4. The average molecular weight is 420 g/mol. The molecule has 3 aromatic carbocycles. The van der Waals surface area contributed by atoms with Crippen molar-refractivity contribution in [3.63, 3.8) is 0 Å². The summed E-state index contributed by atoms with van der Waals surface area (Å²) in [6, 6.07) is 19.0. The zero-order chi connectivity index (χ0) is 22.2. The van der Waals surface area contributed by atoms with Gasteiger partial charge in [-0.2, -0.15) is 0 Å². The molecule has 2 amide bonds. The number of nitrogens with one attached hydrogen (secondary N) is 2. The highest BCUT2D eigenvalue weighted by atomic mass is 19.1. The maximum atomic E-state index is 14.6. The number of hydrogen-bond acceptors (Lipinski definition) is 3. The molecule has 0 saturated heterocycles. The van der Waals surface area contributed by atoms with E-state index in [1.54, 1.807) is 43.5 Å². The minimum Gasteiger partial charge on any atom is -0.497 e. The molecule has 0 aliphatic carbocycles. The molecule has 3 aromatic rings. The van der Waals surface area contributed by atoms with Gasteiger partial charge in [0.2, 0.25) is 5.91 Å². The van der Waals surface area contributed by atoms with Crippen LogP contribution in [0.4, 0.5) is 10.1 Å². The molecule has 0 aromatic heterocycles. The van der Waals surface area contributed by atoms with Crippen molar-refractivity contribution < 1.29 is 18.7 Å². The predicted octanol–water partition coefficient (Wildman–Crippen LogP) is 5.17. The third kappa shape index (κ3) is 5.92. The lowest BCUT2D eigenvalue weighted by atomic mass is 10.0. The summed E-state index contributed by atoms with van der Waals surface area (Å²) >= 11 is 0. The highest BCUT2D eigenvalue weighted by molar-refractivity contribution is 5.95. The molecule has 0 aliphatic heterocycles. The van der Waals surface area contributed by atoms with Crippen molar-refractivity contribution in [2.45, 2.75) is 26.3 Å². The van der Waals surface area contributed by atoms with E-state index in [9.17, 15) is 14.0 Å². The molecule has 0 spiro atoms. The van der Waals surface area contributed by atoms with E-state index in [4.69, 9.17) is 4.74 Å². The fourth-order valence-corrected chi connectivity index (χ4v) is 3.15. The van der Waals surface area contributed by atoms with Crippen LogP contribution in [0.5, 0.6) is 5.75 Å². The molecular formula is C25H25FN2O3. The van der Waals surface area contributed by atoms with Crippen molar-refractivity contribution >= 4 is 17.5 Å². The normalized spacial score (nSPS) is 10.4. The lowest BCUT2D eigenvalue weighted by molar-refractivity contribution is -0.116. The maximum Gasteiger partial charge on any atom is 0.254 e. The summed E-state index contributed by atoms with van der Waals surface area (Å²) in [7, 11) is 1.58. The minimum atomic E-state index is -0.591. The average Bonchev–Trinajstić information content (AvgIpc) is 2.78. The smallest absolute Gasteiger partial charge is 0.254 e. The number of carbonyl (C=O) groups excluding carboxylic acids is 2. The monoisotopic (exact) mass is 420 g/mol. The van der Waals surface area contributed by atoms with Crippen molar-refractivity contribution in [3.05, 3.63) is 83.7 Å². The topological polar surface area (TPSA) is 67.4 Å². The summed E-state index contributed by atoms with van der Waals surface area (Å²) in [6.45, 7) is 2.16. The minimum absolute atomic E-state index is 0.0235. The first kappa shape index (κ1) is 22.0. The molecule has 0 fully saturated rings. The molecule has 0 radical (unpaired) electrons. The summed E-state index contributed by atoms with van der Waals surface area (Å²) < 4.78 is 19.7. The molecule has 0 saturated carbocycles. The van der Waals surface area contributed by atoms with Crippen molar-refractivity contribution in [1.82, 2.24) is 5.32 Å². The van der Waals surface area contributed by atoms with E-state index in [2.05, 4.69) is 10.6 Å². The van der Waals surface area contributed by atoms with Crippen LogP contribution < -0.4 is 15.4 Å². The van der Waals surface area contributed by atoms with Crippen molar-refractivity contribution in [2.24, 2.45) is 0 Å². The zero-order valence-corrected chi connectivity index (χ0v) is 17.6. The second-order valence-electron chi connectivity index (χ2n) is 7.10. The summed E-state index contributed by atoms with van der Waals surface area (Å²) in [4.78, 5) is 24.2. The Morgan fingerprint density at radius 3 is 2.39 bits per heavy atom. The predicted molar refractivity (Wildman–Crippen MR) is 120 cm³/mol. The van der Waals surface area contributed by atoms with E-state index >= 15 is 0 Å². The van der Waals surface area contributed by atoms with Gasteiger partial charge in [-0.05, 0) is 59.5 Å². The second-order valence-corrected chi connectivity index (χ2v) is 7.10. The van der Waals surface area contributed by atoms with Gasteiger partial charge in [0.15, 0.2) is 0 Å². The first-order chi connectivity index (χ1) is 15.0. The standard InChI is InChI=1S/C25H25FN2O3/c1-3-5-24(29)28-20-7-4-6-17(14-20)16-27-25(30)22-13-10-19(15-23(22)26)18-8-11-21(31-2)12-9-18/h4,6-15H,3,5,16H2,1-2H3,(H,27,30)(H,28,29). The summed E-state index contributed by atoms with van der Waals surface area (Å²) in [5, 5.41) is 5.55. The van der Waals surface area contributed by atoms with Crippen LogP contribution in [0.3, 0.4) is 0 Å². The number of hydrogen-bond donors (Lipinski definition) is 2. The van der Waals surface area contributed by atoms with Crippen LogP contribution in [0.2, 0.25) is 0 Å². The Morgan fingerprint density at radius 1 is 0.968 bits per heavy atom. The number of rotatable bonds is 8. The van der Waals surface area contributed by atoms with E-state index in [-0.39, 0.29) is 18.0 Å². The lowest BCUT2D eigenvalue weighted by Gasteiger charge is -2.10. The van der Waals surface area contributed by atoms with Gasteiger partial charge in [0.1, 0.15) is 11.6 Å². The van der Waals surface area contributed by atoms with Crippen LogP contribution in [0, 0.1) is 5.82 Å². The van der Waals surface area contributed by atoms with Gasteiger partial charge in [-0.25, -0.2) is 4.39 Å². The van der Waals surface area contributed by atoms with E-state index in [1.807, 2.05) is 25.1 Å². The fraction of sp³-hybridized carbons (Fsp3) is 0.200. The van der Waals surface area contributed by atoms with Gasteiger partial charge >= 0.3 is 0 Å². The Hall–Kier alpha value is -3.67. The molecule has 160 valence electrons. The van der Waals surface area contributed by atoms with Gasteiger partial charge in [-0.3, -0.25) is 9.59 Å². The molecule has 0 heterocycles. The summed E-state index contributed by atoms with van der Waals surface area (Å²) in [5.41, 5.74) is 2.95. The van der Waals surface area contributed by atoms with Crippen LogP contribution in [0.1, 0.15) is 35.7 Å². The van der Waals surface area contributed by atoms with E-state index in [0.29, 0.717) is 23.4 Å². The number of ether oxygens (including phenoxy) is 1. The highest BCUT2D eigenvalue weighted by Gasteiger charge is 2.13. The lowest BCUT2D eigenvalue weighted by Crippen LogP contribution is -2.24. The molecule has 31 heavy (non-hydrogen) atoms. The van der Waals surface area contributed by atoms with Gasteiger partial charge in [0.05, 0.1) is 12.7 Å².